The summed E-state index contributed by atoms with van der Waals surface area (Å²) in [5, 5.41) is 0. The highest BCUT2D eigenvalue weighted by Crippen LogP contribution is 2.45. The van der Waals surface area contributed by atoms with Crippen LogP contribution in [0.15, 0.2) is 16.6 Å². The summed E-state index contributed by atoms with van der Waals surface area (Å²) in [6, 6.07) is 4.25. The molecule has 0 atom stereocenters. The zero-order valence-corrected chi connectivity index (χ0v) is 11.7. The first-order chi connectivity index (χ1) is 7.33. The Morgan fingerprint density at radius 1 is 1.44 bits per heavy atom. The second-order valence-electron chi connectivity index (χ2n) is 5.13. The molecule has 1 aliphatic rings. The number of hydrogen-bond acceptors (Lipinski definition) is 1. The van der Waals surface area contributed by atoms with Crippen molar-refractivity contribution in [2.45, 2.75) is 33.1 Å². The van der Waals surface area contributed by atoms with E-state index in [-0.39, 0.29) is 11.3 Å². The second-order valence-corrected chi connectivity index (χ2v) is 5.99. The number of anilines is 1. The zero-order chi connectivity index (χ0) is 12.1. The van der Waals surface area contributed by atoms with Gasteiger partial charge >= 0.3 is 0 Å². The lowest BCUT2D eigenvalue weighted by molar-refractivity contribution is -0.116. The minimum Gasteiger partial charge on any atom is -0.310 e. The van der Waals surface area contributed by atoms with Crippen molar-refractivity contribution in [3.05, 3.63) is 27.7 Å². The predicted octanol–water partition coefficient (Wildman–Crippen LogP) is 3.40. The molecular weight excluding hydrogens is 266 g/mol. The maximum Gasteiger partial charge on any atom is 0.223 e. The molecule has 0 aromatic heterocycles. The first-order valence-electron chi connectivity index (χ1n) is 5.41. The van der Waals surface area contributed by atoms with Crippen LogP contribution < -0.4 is 4.90 Å². The van der Waals surface area contributed by atoms with Gasteiger partial charge in [0.1, 0.15) is 0 Å². The van der Waals surface area contributed by atoms with Gasteiger partial charge in [-0.1, -0.05) is 19.9 Å². The first kappa shape index (κ1) is 11.6. The van der Waals surface area contributed by atoms with Crippen molar-refractivity contribution in [2.24, 2.45) is 0 Å². The van der Waals surface area contributed by atoms with Gasteiger partial charge in [0, 0.05) is 23.4 Å². The van der Waals surface area contributed by atoms with E-state index in [1.807, 2.05) is 4.90 Å². The highest BCUT2D eigenvalue weighted by atomic mass is 79.9. The third-order valence-corrected chi connectivity index (χ3v) is 3.74. The van der Waals surface area contributed by atoms with Gasteiger partial charge in [0.2, 0.25) is 5.91 Å². The van der Waals surface area contributed by atoms with Crippen LogP contribution >= 0.6 is 15.9 Å². The molecule has 0 fully saturated rings. The van der Waals surface area contributed by atoms with E-state index in [2.05, 4.69) is 48.8 Å². The van der Waals surface area contributed by atoms with Crippen molar-refractivity contribution in [1.29, 1.82) is 0 Å². The monoisotopic (exact) mass is 281 g/mol. The Morgan fingerprint density at radius 3 is 2.62 bits per heavy atom. The first-order valence-corrected chi connectivity index (χ1v) is 6.21. The van der Waals surface area contributed by atoms with E-state index < -0.39 is 0 Å². The Morgan fingerprint density at radius 2 is 2.06 bits per heavy atom. The molecule has 16 heavy (non-hydrogen) atoms. The quantitative estimate of drug-likeness (QED) is 0.714. The molecule has 86 valence electrons. The smallest absolute Gasteiger partial charge is 0.223 e. The van der Waals surface area contributed by atoms with Gasteiger partial charge in [-0.3, -0.25) is 4.79 Å². The van der Waals surface area contributed by atoms with Crippen LogP contribution in [0.3, 0.4) is 0 Å². The Labute approximate surface area is 105 Å². The van der Waals surface area contributed by atoms with Crippen LogP contribution in [-0.2, 0) is 10.2 Å². The molecule has 0 unspecified atom stereocenters. The number of halogens is 1. The molecule has 1 heterocycles. The van der Waals surface area contributed by atoms with Crippen LogP contribution in [0.5, 0.6) is 0 Å². The van der Waals surface area contributed by atoms with Gasteiger partial charge in [0.05, 0.1) is 5.69 Å². The number of aryl methyl sites for hydroxylation is 1. The van der Waals surface area contributed by atoms with E-state index in [0.29, 0.717) is 0 Å². The van der Waals surface area contributed by atoms with Crippen molar-refractivity contribution < 1.29 is 4.79 Å². The summed E-state index contributed by atoms with van der Waals surface area (Å²) >= 11 is 3.56. The Hall–Kier alpha value is -0.830. The minimum atomic E-state index is 0.0372. The van der Waals surface area contributed by atoms with Crippen LogP contribution in [0, 0.1) is 6.92 Å². The lowest BCUT2D eigenvalue weighted by Crippen LogP contribution is -2.32. The molecule has 0 bridgehead atoms. The summed E-state index contributed by atoms with van der Waals surface area (Å²) in [6.45, 7) is 8.83. The van der Waals surface area contributed by atoms with Gasteiger partial charge in [-0.05, 0) is 40.0 Å². The average molecular weight is 282 g/mol. The summed E-state index contributed by atoms with van der Waals surface area (Å²) in [4.78, 5) is 13.5. The predicted molar refractivity (Wildman–Crippen MR) is 69.9 cm³/mol. The molecule has 1 aliphatic heterocycles. The molecule has 0 spiro atoms. The topological polar surface area (TPSA) is 20.3 Å². The zero-order valence-electron chi connectivity index (χ0n) is 10.1. The van der Waals surface area contributed by atoms with Gasteiger partial charge in [-0.25, -0.2) is 0 Å². The van der Waals surface area contributed by atoms with Crippen LogP contribution in [0.25, 0.3) is 0 Å². The molecule has 2 rings (SSSR count). The number of carbonyl (C=O) groups is 1. The fourth-order valence-corrected chi connectivity index (χ4v) is 3.14. The van der Waals surface area contributed by atoms with Gasteiger partial charge in [0.25, 0.3) is 0 Å². The number of carbonyl (C=O) groups excluding carboxylic acids is 1. The normalized spacial score (nSPS) is 17.4. The van der Waals surface area contributed by atoms with Crippen LogP contribution in [-0.4, -0.2) is 12.5 Å². The molecule has 2 nitrogen and oxygen atoms in total. The van der Waals surface area contributed by atoms with Crippen molar-refractivity contribution in [3.8, 4) is 0 Å². The van der Waals surface area contributed by atoms with E-state index in [0.717, 1.165) is 16.7 Å². The number of hydrogen-bond donors (Lipinski definition) is 0. The Kier molecular flexibility index (Phi) is 2.61. The van der Waals surface area contributed by atoms with Crippen LogP contribution in [0.4, 0.5) is 5.69 Å². The molecule has 1 aromatic carbocycles. The molecule has 0 radical (unpaired) electrons. The minimum absolute atomic E-state index is 0.0372. The van der Waals surface area contributed by atoms with E-state index in [1.165, 1.54) is 11.1 Å². The lowest BCUT2D eigenvalue weighted by atomic mass is 9.86. The van der Waals surface area contributed by atoms with Gasteiger partial charge < -0.3 is 4.90 Å². The van der Waals surface area contributed by atoms with E-state index >= 15 is 0 Å². The molecule has 1 aromatic rings. The molecule has 0 saturated heterocycles. The summed E-state index contributed by atoms with van der Waals surface area (Å²) < 4.78 is 1.02. The van der Waals surface area contributed by atoms with Gasteiger partial charge in [0.15, 0.2) is 0 Å². The third kappa shape index (κ3) is 1.67. The highest BCUT2D eigenvalue weighted by molar-refractivity contribution is 9.10. The number of fused-ring (bicyclic) bond motifs is 1. The largest absolute Gasteiger partial charge is 0.310 e. The number of rotatable bonds is 0. The summed E-state index contributed by atoms with van der Waals surface area (Å²) in [5.74, 6) is 0.108. The van der Waals surface area contributed by atoms with Gasteiger partial charge in [-0.15, -0.1) is 0 Å². The van der Waals surface area contributed by atoms with Gasteiger partial charge in [-0.2, -0.15) is 0 Å². The lowest BCUT2D eigenvalue weighted by Gasteiger charge is -2.19. The van der Waals surface area contributed by atoms with E-state index in [1.54, 1.807) is 6.92 Å². The van der Waals surface area contributed by atoms with E-state index in [4.69, 9.17) is 0 Å². The molecule has 0 N–H and O–H groups in total. The molecule has 0 aliphatic carbocycles. The molecule has 0 saturated carbocycles. The van der Waals surface area contributed by atoms with Crippen LogP contribution in [0.1, 0.15) is 31.9 Å². The third-order valence-electron chi connectivity index (χ3n) is 3.14. The number of benzene rings is 1. The van der Waals surface area contributed by atoms with Crippen LogP contribution in [0.2, 0.25) is 0 Å². The SMILES string of the molecule is CC(=O)N1CC(C)(C)c2cc(C)cc(Br)c21. The van der Waals surface area contributed by atoms with Crippen molar-refractivity contribution >= 4 is 27.5 Å². The molecular formula is C13H16BrNO. The van der Waals surface area contributed by atoms with Crippen molar-refractivity contribution in [3.63, 3.8) is 0 Å². The number of nitrogens with zero attached hydrogens (tertiary/aromatic N) is 1. The number of amides is 1. The van der Waals surface area contributed by atoms with Crippen molar-refractivity contribution in [2.75, 3.05) is 11.4 Å². The van der Waals surface area contributed by atoms with E-state index in [9.17, 15) is 4.79 Å². The highest BCUT2D eigenvalue weighted by Gasteiger charge is 2.38. The average Bonchev–Trinajstić information content (AvgIpc) is 2.39. The maximum atomic E-state index is 11.6. The standard InChI is InChI=1S/C13H16BrNO/c1-8-5-10-12(11(14)6-8)15(9(2)16)7-13(10,3)4/h5-6H,7H2,1-4H3. The second kappa shape index (κ2) is 3.59. The fraction of sp³-hybridized carbons (Fsp3) is 0.462. The molecule has 1 amide bonds. The summed E-state index contributed by atoms with van der Waals surface area (Å²) in [5.41, 5.74) is 3.57. The Balaban J connectivity index is 2.68. The van der Waals surface area contributed by atoms with Crippen molar-refractivity contribution in [1.82, 2.24) is 0 Å². The summed E-state index contributed by atoms with van der Waals surface area (Å²) in [6.07, 6.45) is 0. The summed E-state index contributed by atoms with van der Waals surface area (Å²) in [7, 11) is 0. The fourth-order valence-electron chi connectivity index (χ4n) is 2.35. The molecule has 3 heteroatoms. The maximum absolute atomic E-state index is 11.6. The Bertz CT molecular complexity index is 465.